The fourth-order valence-electron chi connectivity index (χ4n) is 0.0417. The fraction of sp³-hybridized carbons (Fsp3) is 0. The van der Waals surface area contributed by atoms with Gasteiger partial charge in [-0.25, -0.2) is 0 Å². The van der Waals surface area contributed by atoms with Gasteiger partial charge < -0.3 is 0 Å². The van der Waals surface area contributed by atoms with Crippen molar-refractivity contribution in [3.05, 3.63) is 0 Å². The summed E-state index contributed by atoms with van der Waals surface area (Å²) in [7, 11) is 0. The fourth-order valence-corrected chi connectivity index (χ4v) is 3.21. The van der Waals surface area contributed by atoms with Crippen LogP contribution in [0.25, 0.3) is 0 Å². The van der Waals surface area contributed by atoms with Crippen LogP contribution in [-0.2, 0) is 1.27 Å². The van der Waals surface area contributed by atoms with E-state index in [-0.39, 0.29) is 0 Å². The van der Waals surface area contributed by atoms with Crippen LogP contribution in [0.2, 0.25) is 0 Å². The van der Waals surface area contributed by atoms with Gasteiger partial charge in [0.05, 0.1) is 0 Å². The van der Waals surface area contributed by atoms with Gasteiger partial charge in [-0.15, -0.1) is 0 Å². The third kappa shape index (κ3) is 0.866. The molecule has 0 aromatic carbocycles. The summed E-state index contributed by atoms with van der Waals surface area (Å²) in [6.45, 7) is 0. The van der Waals surface area contributed by atoms with Crippen LogP contribution in [0, 0.1) is 0 Å². The van der Waals surface area contributed by atoms with Crippen molar-refractivity contribution in [3.8, 4) is 0 Å². The van der Waals surface area contributed by atoms with Crippen LogP contribution in [0.5, 0.6) is 0 Å². The van der Waals surface area contributed by atoms with E-state index in [1.807, 2.05) is 0 Å². The number of hydrogen-bond acceptors (Lipinski definition) is 2. The summed E-state index contributed by atoms with van der Waals surface area (Å²) in [5.74, 6) is 0. The van der Waals surface area contributed by atoms with Gasteiger partial charge in [-0.3, -0.25) is 0 Å². The van der Waals surface area contributed by atoms with Crippen LogP contribution in [0.4, 0.5) is 0 Å². The Hall–Kier alpha value is 1.76. The summed E-state index contributed by atoms with van der Waals surface area (Å²) in [6.07, 6.45) is 0. The van der Waals surface area contributed by atoms with Gasteiger partial charge in [0, 0.05) is 0 Å². The van der Waals surface area contributed by atoms with Gasteiger partial charge in [0.15, 0.2) is 0 Å². The van der Waals surface area contributed by atoms with Crippen molar-refractivity contribution in [2.75, 3.05) is 0 Å². The van der Waals surface area contributed by atoms with E-state index in [0.717, 1.165) is 0 Å². The monoisotopic (exact) mass is 448 g/mol. The second-order valence-electron chi connectivity index (χ2n) is 0.371. The van der Waals surface area contributed by atoms with Crippen molar-refractivity contribution in [2.24, 2.45) is 0 Å². The molecule has 0 saturated carbocycles. The molecule has 0 atom stereocenters. The van der Waals surface area contributed by atoms with Crippen LogP contribution < -0.4 is 0 Å². The van der Waals surface area contributed by atoms with Gasteiger partial charge in [0.1, 0.15) is 0 Å². The molecule has 1 aliphatic rings. The third-order valence-electron chi connectivity index (χ3n) is 0.167. The summed E-state index contributed by atoms with van der Waals surface area (Å²) in [5, 5.41) is 0. The van der Waals surface area contributed by atoms with E-state index in [4.69, 9.17) is 1.27 Å². The zero-order valence-electron chi connectivity index (χ0n) is 1.82. The summed E-state index contributed by atoms with van der Waals surface area (Å²) < 4.78 is 9.78. The summed E-state index contributed by atoms with van der Waals surface area (Å²) in [6, 6.07) is 0. The van der Waals surface area contributed by atoms with E-state index in [1.165, 1.54) is 0 Å². The van der Waals surface area contributed by atoms with E-state index in [1.54, 1.807) is 0 Å². The van der Waals surface area contributed by atoms with Crippen LogP contribution in [0.15, 0.2) is 0 Å². The summed E-state index contributed by atoms with van der Waals surface area (Å²) in [4.78, 5) is 0. The molecular weight excluding hydrogens is 446 g/mol. The molecule has 0 N–H and O–H groups in total. The van der Waals surface area contributed by atoms with Crippen molar-refractivity contribution < 1.29 is 1.27 Å². The van der Waals surface area contributed by atoms with Crippen molar-refractivity contribution >= 4 is 50.3 Å². The van der Waals surface area contributed by atoms with E-state index >= 15 is 0 Å². The van der Waals surface area contributed by atoms with E-state index in [0.29, 0.717) is 0 Å². The predicted molar refractivity (Wildman–Crippen MR) is 13.7 cm³/mol. The Kier molecular flexibility index (Phi) is 2.00. The average molecular weight is 446 g/mol. The summed E-state index contributed by atoms with van der Waals surface area (Å²) in [5.41, 5.74) is 0. The molecule has 0 aliphatic carbocycles. The van der Waals surface area contributed by atoms with Crippen LogP contribution in [0.1, 0.15) is 0 Å². The molecule has 1 fully saturated rings. The predicted octanol–water partition coefficient (Wildman–Crippen LogP) is -0.898. The quantitative estimate of drug-likeness (QED) is 0.450. The summed E-state index contributed by atoms with van der Waals surface area (Å²) >= 11 is -1.33. The molecule has 4 heavy (non-hydrogen) atoms. The average Bonchev–Trinajstić information content (AvgIpc) is 0.722. The molecule has 20 valence electrons. The molecule has 1 saturated heterocycles. The van der Waals surface area contributed by atoms with Crippen molar-refractivity contribution in [3.63, 3.8) is 0 Å². The second kappa shape index (κ2) is 2.03. The van der Waals surface area contributed by atoms with Crippen LogP contribution in [-0.4, -0.2) is 50.3 Å². The van der Waals surface area contributed by atoms with Crippen molar-refractivity contribution in [1.82, 2.24) is 0 Å². The van der Waals surface area contributed by atoms with Gasteiger partial charge in [-0.05, 0) is 0 Å². The molecule has 1 aliphatic heterocycles. The molecule has 2 nitrogen and oxygen atoms in total. The molecule has 0 aromatic heterocycles. The first kappa shape index (κ1) is 3.94. The first-order valence-electron chi connectivity index (χ1n) is 0.816. The van der Waals surface area contributed by atoms with Crippen LogP contribution >= 0.6 is 0 Å². The van der Waals surface area contributed by atoms with Gasteiger partial charge in [0.25, 0.3) is 0 Å². The van der Waals surface area contributed by atoms with E-state index in [9.17, 15) is 0 Å². The Balaban J connectivity index is 2.00. The minimum atomic E-state index is -0.667. The zero-order valence-corrected chi connectivity index (χ0v) is 9.59. The van der Waals surface area contributed by atoms with E-state index in [2.05, 4.69) is 0 Å². The minimum absolute atomic E-state index is 0.667. The van der Waals surface area contributed by atoms with Gasteiger partial charge in [-0.2, -0.15) is 0 Å². The zero-order chi connectivity index (χ0) is 2.83. The Morgan fingerprint density at radius 2 is 1.25 bits per heavy atom. The van der Waals surface area contributed by atoms with E-state index < -0.39 is 50.3 Å². The topological polar surface area (TPSA) is 18.5 Å². The molecule has 0 bridgehead atoms. The van der Waals surface area contributed by atoms with Crippen LogP contribution in [0.3, 0.4) is 0 Å². The Bertz CT molecular complexity index is 12.0. The third-order valence-corrected chi connectivity index (χ3v) is 12.8. The van der Waals surface area contributed by atoms with Gasteiger partial charge in [0.2, 0.25) is 0 Å². The Morgan fingerprint density at radius 1 is 1.00 bits per heavy atom. The van der Waals surface area contributed by atoms with Crippen molar-refractivity contribution in [2.45, 2.75) is 0 Å². The standard InChI is InChI=1S/2O.2Pb. The molecular formula is O2Pb2. The van der Waals surface area contributed by atoms with Crippen molar-refractivity contribution in [1.29, 1.82) is 0 Å². The molecule has 0 unspecified atom stereocenters. The maximum absolute atomic E-state index is 4.89. The molecule has 1 rings (SSSR count). The molecule has 0 amide bonds. The first-order valence-corrected chi connectivity index (χ1v) is 7.16. The Labute approximate surface area is 50.9 Å². The normalized spacial score (nSPS) is 24.0. The Morgan fingerprint density at radius 3 is 1.25 bits per heavy atom. The molecule has 0 aromatic rings. The number of hydrogen-bond donors (Lipinski definition) is 0. The molecule has 1 heterocycles. The molecule has 4 heteroatoms. The number of rotatable bonds is 0. The first-order chi connectivity index (χ1) is 2.00. The maximum atomic E-state index is 4.89. The van der Waals surface area contributed by atoms with Gasteiger partial charge in [-0.1, -0.05) is 0 Å². The second-order valence-corrected chi connectivity index (χ2v) is 17.2. The molecule has 4 radical (unpaired) electrons. The SMILES string of the molecule is [O]1[Pb][O][Pb]1. The van der Waals surface area contributed by atoms with Gasteiger partial charge >= 0.3 is 51.6 Å². The molecule has 0 spiro atoms.